The third kappa shape index (κ3) is 5.98. The van der Waals surface area contributed by atoms with Crippen LogP contribution in [0.5, 0.6) is 0 Å². The summed E-state index contributed by atoms with van der Waals surface area (Å²) in [6, 6.07) is 7.80. The number of amides is 3. The molecule has 0 radical (unpaired) electrons. The molecule has 9 nitrogen and oxygen atoms in total. The highest BCUT2D eigenvalue weighted by Gasteiger charge is 2.19. The minimum atomic E-state index is -3.96. The van der Waals surface area contributed by atoms with E-state index in [9.17, 15) is 18.0 Å². The smallest absolute Gasteiger partial charge is 0.319 e. The number of nitrogens with one attached hydrogen (secondary N) is 3. The van der Waals surface area contributed by atoms with Gasteiger partial charge in [-0.3, -0.25) is 14.8 Å². The van der Waals surface area contributed by atoms with Crippen LogP contribution in [0.2, 0.25) is 10.0 Å². The number of hydrogen-bond acceptors (Lipinski definition) is 6. The molecule has 1 heterocycles. The Morgan fingerprint density at radius 2 is 1.70 bits per heavy atom. The average Bonchev–Trinajstić information content (AvgIpc) is 2.75. The van der Waals surface area contributed by atoms with Gasteiger partial charge in [0.1, 0.15) is 0 Å². The molecule has 0 bridgehead atoms. The van der Waals surface area contributed by atoms with Crippen molar-refractivity contribution in [3.05, 3.63) is 70.6 Å². The zero-order valence-corrected chi connectivity index (χ0v) is 19.8. The zero-order valence-electron chi connectivity index (χ0n) is 17.5. The zero-order chi connectivity index (χ0) is 24.2. The van der Waals surface area contributed by atoms with Crippen molar-refractivity contribution < 1.29 is 18.0 Å². The van der Waals surface area contributed by atoms with Crippen LogP contribution in [0.15, 0.2) is 59.9 Å². The fourth-order valence-electron chi connectivity index (χ4n) is 2.94. The van der Waals surface area contributed by atoms with E-state index in [1.807, 2.05) is 4.72 Å². The monoisotopic (exact) mass is 507 g/mol. The third-order valence-corrected chi connectivity index (χ3v) is 6.81. The molecule has 2 aromatic carbocycles. The van der Waals surface area contributed by atoms with Crippen LogP contribution in [0, 0.1) is 0 Å². The molecule has 0 aliphatic heterocycles. The Bertz CT molecular complexity index is 1290. The van der Waals surface area contributed by atoms with Crippen LogP contribution in [-0.4, -0.2) is 30.3 Å². The van der Waals surface area contributed by atoms with E-state index in [-0.39, 0.29) is 9.92 Å². The van der Waals surface area contributed by atoms with Crippen LogP contribution in [0.1, 0.15) is 25.5 Å². The van der Waals surface area contributed by atoms with Crippen molar-refractivity contribution >= 4 is 50.9 Å². The number of halogens is 2. The number of nitrogens with zero attached hydrogens (tertiary/aromatic N) is 2. The molecular formula is C21H19Cl2N5O4S. The van der Waals surface area contributed by atoms with E-state index in [4.69, 9.17) is 23.2 Å². The van der Waals surface area contributed by atoms with Crippen LogP contribution in [0.25, 0.3) is 11.3 Å². The van der Waals surface area contributed by atoms with Gasteiger partial charge < -0.3 is 10.6 Å². The second-order valence-electron chi connectivity index (χ2n) is 6.93. The van der Waals surface area contributed by atoms with Crippen molar-refractivity contribution in [3.8, 4) is 11.3 Å². The molecular weight excluding hydrogens is 489 g/mol. The summed E-state index contributed by atoms with van der Waals surface area (Å²) in [5, 5.41) is 5.92. The summed E-state index contributed by atoms with van der Waals surface area (Å²) < 4.78 is 25.8. The van der Waals surface area contributed by atoms with E-state index < -0.39 is 28.0 Å². The summed E-state index contributed by atoms with van der Waals surface area (Å²) >= 11 is 12.9. The van der Waals surface area contributed by atoms with Crippen molar-refractivity contribution in [1.82, 2.24) is 20.0 Å². The standard InChI is InChI=1S/C21H19Cl2N5O4S/c1-12(16-7-8-17(20(23)19(16)22)18-11-24-9-10-25-18)26-21(30)27-14-3-5-15(6-4-14)33(31,32)28-13(2)29/h3-12H,1-2H3,(H,28,29)(H2,26,27,30). The number of anilines is 1. The van der Waals surface area contributed by atoms with Crippen molar-refractivity contribution in [2.45, 2.75) is 24.8 Å². The van der Waals surface area contributed by atoms with E-state index in [0.29, 0.717) is 27.5 Å². The van der Waals surface area contributed by atoms with Crippen LogP contribution in [0.3, 0.4) is 0 Å². The Kier molecular flexibility index (Phi) is 7.52. The summed E-state index contributed by atoms with van der Waals surface area (Å²) in [7, 11) is -3.96. The van der Waals surface area contributed by atoms with Crippen molar-refractivity contribution in [1.29, 1.82) is 0 Å². The fourth-order valence-corrected chi connectivity index (χ4v) is 4.53. The molecule has 0 saturated carbocycles. The molecule has 33 heavy (non-hydrogen) atoms. The number of benzene rings is 2. The van der Waals surface area contributed by atoms with Gasteiger partial charge in [-0.25, -0.2) is 17.9 Å². The van der Waals surface area contributed by atoms with Gasteiger partial charge in [0.05, 0.1) is 32.9 Å². The largest absolute Gasteiger partial charge is 0.331 e. The summed E-state index contributed by atoms with van der Waals surface area (Å²) in [6.45, 7) is 2.84. The maximum absolute atomic E-state index is 12.4. The molecule has 1 unspecified atom stereocenters. The average molecular weight is 508 g/mol. The van der Waals surface area contributed by atoms with Gasteiger partial charge in [0, 0.05) is 30.6 Å². The predicted molar refractivity (Wildman–Crippen MR) is 126 cm³/mol. The molecule has 0 spiro atoms. The highest BCUT2D eigenvalue weighted by atomic mass is 35.5. The summed E-state index contributed by atoms with van der Waals surface area (Å²) in [5.74, 6) is -0.700. The lowest BCUT2D eigenvalue weighted by Crippen LogP contribution is -2.31. The lowest BCUT2D eigenvalue weighted by molar-refractivity contribution is -0.117. The lowest BCUT2D eigenvalue weighted by atomic mass is 10.0. The molecule has 172 valence electrons. The third-order valence-electron chi connectivity index (χ3n) is 4.47. The second-order valence-corrected chi connectivity index (χ2v) is 9.37. The van der Waals surface area contributed by atoms with Crippen LogP contribution in [-0.2, 0) is 14.8 Å². The quantitative estimate of drug-likeness (QED) is 0.459. The van der Waals surface area contributed by atoms with Crippen molar-refractivity contribution in [2.24, 2.45) is 0 Å². The molecule has 3 amide bonds. The van der Waals surface area contributed by atoms with Gasteiger partial charge in [0.15, 0.2) is 0 Å². The van der Waals surface area contributed by atoms with Crippen molar-refractivity contribution in [2.75, 3.05) is 5.32 Å². The van der Waals surface area contributed by atoms with Gasteiger partial charge in [-0.05, 0) is 36.8 Å². The molecule has 3 rings (SSSR count). The highest BCUT2D eigenvalue weighted by Crippen LogP contribution is 2.37. The number of carbonyl (C=O) groups excluding carboxylic acids is 2. The molecule has 12 heteroatoms. The first kappa shape index (κ1) is 24.4. The summed E-state index contributed by atoms with van der Waals surface area (Å²) in [6.07, 6.45) is 4.66. The van der Waals surface area contributed by atoms with E-state index in [0.717, 1.165) is 6.92 Å². The van der Waals surface area contributed by atoms with Gasteiger partial charge >= 0.3 is 6.03 Å². The number of sulfonamides is 1. The van der Waals surface area contributed by atoms with Gasteiger partial charge in [0.25, 0.3) is 10.0 Å². The molecule has 1 aromatic heterocycles. The SMILES string of the molecule is CC(=O)NS(=O)(=O)c1ccc(NC(=O)NC(C)c2ccc(-c3cnccn3)c(Cl)c2Cl)cc1. The van der Waals surface area contributed by atoms with Gasteiger partial charge in [0.2, 0.25) is 5.91 Å². The molecule has 0 fully saturated rings. The van der Waals surface area contributed by atoms with E-state index in [1.165, 1.54) is 24.3 Å². The first-order valence-electron chi connectivity index (χ1n) is 9.53. The molecule has 0 saturated heterocycles. The Hall–Kier alpha value is -3.21. The fraction of sp³-hybridized carbons (Fsp3) is 0.143. The normalized spacial score (nSPS) is 12.0. The van der Waals surface area contributed by atoms with Crippen LogP contribution in [0.4, 0.5) is 10.5 Å². The maximum Gasteiger partial charge on any atom is 0.319 e. The summed E-state index contributed by atoms with van der Waals surface area (Å²) in [4.78, 5) is 31.6. The number of carbonyl (C=O) groups is 2. The second kappa shape index (κ2) is 10.2. The first-order chi connectivity index (χ1) is 15.6. The number of rotatable bonds is 6. The Labute approximate surface area is 200 Å². The number of urea groups is 1. The molecule has 0 aliphatic carbocycles. The predicted octanol–water partition coefficient (Wildman–Crippen LogP) is 4.16. The lowest BCUT2D eigenvalue weighted by Gasteiger charge is -2.18. The van der Waals surface area contributed by atoms with Gasteiger partial charge in [-0.2, -0.15) is 0 Å². The van der Waals surface area contributed by atoms with E-state index in [2.05, 4.69) is 20.6 Å². The topological polar surface area (TPSA) is 130 Å². The van der Waals surface area contributed by atoms with Crippen LogP contribution < -0.4 is 15.4 Å². The number of aromatic nitrogens is 2. The number of hydrogen-bond donors (Lipinski definition) is 3. The minimum Gasteiger partial charge on any atom is -0.331 e. The maximum atomic E-state index is 12.4. The minimum absolute atomic E-state index is 0.110. The Morgan fingerprint density at radius 3 is 2.30 bits per heavy atom. The first-order valence-corrected chi connectivity index (χ1v) is 11.8. The van der Waals surface area contributed by atoms with Gasteiger partial charge in [-0.1, -0.05) is 35.3 Å². The molecule has 1 atom stereocenters. The Balaban J connectivity index is 1.69. The molecule has 0 aliphatic rings. The molecule has 3 N–H and O–H groups in total. The molecule has 3 aromatic rings. The van der Waals surface area contributed by atoms with E-state index >= 15 is 0 Å². The van der Waals surface area contributed by atoms with Gasteiger partial charge in [-0.15, -0.1) is 0 Å². The highest BCUT2D eigenvalue weighted by molar-refractivity contribution is 7.90. The van der Waals surface area contributed by atoms with E-state index in [1.54, 1.807) is 37.6 Å². The van der Waals surface area contributed by atoms with Crippen molar-refractivity contribution in [3.63, 3.8) is 0 Å². The Morgan fingerprint density at radius 1 is 1.00 bits per heavy atom. The van der Waals surface area contributed by atoms with Crippen LogP contribution >= 0.6 is 23.2 Å². The summed E-state index contributed by atoms with van der Waals surface area (Å²) in [5.41, 5.74) is 2.13.